The van der Waals surface area contributed by atoms with Crippen molar-refractivity contribution in [3.05, 3.63) is 24.8 Å². The maximum Gasteiger partial charge on any atom is 0.323 e. The third-order valence-electron chi connectivity index (χ3n) is 2.81. The van der Waals surface area contributed by atoms with Crippen molar-refractivity contribution < 1.29 is 19.8 Å². The molecule has 0 radical (unpaired) electrons. The highest BCUT2D eigenvalue weighted by atomic mass is 127. The van der Waals surface area contributed by atoms with Gasteiger partial charge in [0, 0.05) is 9.61 Å². The minimum Gasteiger partial charge on any atom is -0.506 e. The number of nitrogens with zero attached hydrogens (tertiary/aromatic N) is 1. The van der Waals surface area contributed by atoms with E-state index >= 15 is 0 Å². The second-order valence-corrected chi connectivity index (χ2v) is 6.75. The first kappa shape index (κ1) is 14.8. The highest BCUT2D eigenvalue weighted by Gasteiger charge is 2.35. The number of amides is 1. The van der Waals surface area contributed by atoms with Crippen LogP contribution < -0.4 is 0 Å². The molecule has 1 amide bonds. The predicted molar refractivity (Wildman–Crippen MR) is 85.2 cm³/mol. The van der Waals surface area contributed by atoms with Crippen LogP contribution in [0.5, 0.6) is 5.75 Å². The maximum atomic E-state index is 12.4. The molecule has 0 saturated heterocycles. The van der Waals surface area contributed by atoms with Gasteiger partial charge in [-0.05, 0) is 70.2 Å². The summed E-state index contributed by atoms with van der Waals surface area (Å²) in [6.07, 6.45) is 1.64. The van der Waals surface area contributed by atoms with E-state index in [1.807, 2.05) is 22.6 Å². The molecule has 102 valence electrons. The fourth-order valence-electron chi connectivity index (χ4n) is 1.78. The second kappa shape index (κ2) is 5.81. The number of hydrogen-bond donors (Lipinski definition) is 2. The van der Waals surface area contributed by atoms with Crippen molar-refractivity contribution in [1.82, 2.24) is 4.90 Å². The second-order valence-electron chi connectivity index (χ2n) is 4.34. The number of phenols is 1. The van der Waals surface area contributed by atoms with Crippen molar-refractivity contribution >= 4 is 57.1 Å². The molecule has 0 atom stereocenters. The number of aliphatic carboxylic acids is 1. The predicted octanol–water partition coefficient (Wildman–Crippen LogP) is 2.29. The first-order chi connectivity index (χ1) is 8.90. The lowest BCUT2D eigenvalue weighted by Crippen LogP contribution is -2.37. The number of benzene rings is 1. The monoisotopic (exact) mass is 487 g/mol. The van der Waals surface area contributed by atoms with Gasteiger partial charge in [0.05, 0.1) is 9.13 Å². The van der Waals surface area contributed by atoms with Crippen molar-refractivity contribution in [2.75, 3.05) is 6.54 Å². The summed E-state index contributed by atoms with van der Waals surface area (Å²) in [5.74, 6) is -1.54. The van der Waals surface area contributed by atoms with Crippen LogP contribution in [0.3, 0.4) is 0 Å². The summed E-state index contributed by atoms with van der Waals surface area (Å²) in [5.41, 5.74) is 0.171. The molecule has 0 spiro atoms. The first-order valence-corrected chi connectivity index (χ1v) is 7.76. The summed E-state index contributed by atoms with van der Waals surface area (Å²) >= 11 is 4.01. The third-order valence-corrected chi connectivity index (χ3v) is 4.26. The molecule has 0 heterocycles. The molecule has 0 unspecified atom stereocenters. The van der Waals surface area contributed by atoms with E-state index in [0.717, 1.165) is 16.4 Å². The minimum absolute atomic E-state index is 0.0153. The van der Waals surface area contributed by atoms with Gasteiger partial charge < -0.3 is 15.1 Å². The zero-order chi connectivity index (χ0) is 14.2. The van der Waals surface area contributed by atoms with Gasteiger partial charge in [0.25, 0.3) is 5.91 Å². The highest BCUT2D eigenvalue weighted by molar-refractivity contribution is 14.1. The molecule has 1 aliphatic rings. The number of hydrogen-bond acceptors (Lipinski definition) is 3. The fraction of sp³-hybridized carbons (Fsp3) is 0.333. The van der Waals surface area contributed by atoms with Gasteiger partial charge in [0.1, 0.15) is 12.3 Å². The summed E-state index contributed by atoms with van der Waals surface area (Å²) < 4.78 is 1.41. The summed E-state index contributed by atoms with van der Waals surface area (Å²) in [7, 11) is 0. The van der Waals surface area contributed by atoms with Gasteiger partial charge in [0.15, 0.2) is 0 Å². The van der Waals surface area contributed by atoms with Crippen LogP contribution in [0.25, 0.3) is 0 Å². The van der Waals surface area contributed by atoms with Crippen LogP contribution in [0.4, 0.5) is 0 Å². The molecule has 7 heteroatoms. The molecule has 1 aromatic carbocycles. The van der Waals surface area contributed by atoms with Crippen molar-refractivity contribution in [2.45, 2.75) is 18.9 Å². The number of carboxylic acid groups (broad SMARTS) is 1. The van der Waals surface area contributed by atoms with E-state index in [9.17, 15) is 14.7 Å². The van der Waals surface area contributed by atoms with Crippen molar-refractivity contribution in [3.63, 3.8) is 0 Å². The third kappa shape index (κ3) is 3.50. The highest BCUT2D eigenvalue weighted by Crippen LogP contribution is 2.32. The van der Waals surface area contributed by atoms with E-state index in [-0.39, 0.29) is 23.9 Å². The van der Waals surface area contributed by atoms with E-state index in [1.165, 1.54) is 4.90 Å². The lowest BCUT2D eigenvalue weighted by Gasteiger charge is -2.21. The molecule has 0 bridgehead atoms. The fourth-order valence-corrected chi connectivity index (χ4v) is 3.63. The lowest BCUT2D eigenvalue weighted by atomic mass is 10.1. The van der Waals surface area contributed by atoms with Crippen LogP contribution in [-0.2, 0) is 4.79 Å². The Kier molecular flexibility index (Phi) is 4.54. The average Bonchev–Trinajstić information content (AvgIpc) is 3.13. The Bertz CT molecular complexity index is 543. The number of aromatic hydroxyl groups is 1. The molecule has 0 aliphatic heterocycles. The molecular weight excluding hydrogens is 476 g/mol. The van der Waals surface area contributed by atoms with E-state index < -0.39 is 11.9 Å². The zero-order valence-electron chi connectivity index (χ0n) is 9.77. The topological polar surface area (TPSA) is 77.8 Å². The Morgan fingerprint density at radius 2 is 1.95 bits per heavy atom. The van der Waals surface area contributed by atoms with Crippen molar-refractivity contribution in [1.29, 1.82) is 0 Å². The molecule has 5 nitrogen and oxygen atoms in total. The van der Waals surface area contributed by atoms with Crippen molar-refractivity contribution in [3.8, 4) is 5.75 Å². The van der Waals surface area contributed by atoms with Crippen LogP contribution in [0.15, 0.2) is 12.1 Å². The van der Waals surface area contributed by atoms with Crippen LogP contribution >= 0.6 is 45.2 Å². The number of carboxylic acids is 1. The number of halogens is 2. The summed E-state index contributed by atoms with van der Waals surface area (Å²) in [6.45, 7) is -0.328. The summed E-state index contributed by atoms with van der Waals surface area (Å²) in [5, 5.41) is 18.8. The molecular formula is C12H11I2NO4. The molecule has 2 N–H and O–H groups in total. The molecule has 1 aromatic rings. The Morgan fingerprint density at radius 1 is 1.32 bits per heavy atom. The number of carbonyl (C=O) groups is 2. The van der Waals surface area contributed by atoms with E-state index in [1.54, 1.807) is 12.1 Å². The van der Waals surface area contributed by atoms with Gasteiger partial charge in [-0.3, -0.25) is 9.59 Å². The van der Waals surface area contributed by atoms with Crippen LogP contribution in [-0.4, -0.2) is 39.6 Å². The summed E-state index contributed by atoms with van der Waals surface area (Å²) in [4.78, 5) is 24.5. The quantitative estimate of drug-likeness (QED) is 0.640. The van der Waals surface area contributed by atoms with Gasteiger partial charge in [0.2, 0.25) is 0 Å². The molecule has 19 heavy (non-hydrogen) atoms. The number of phenolic OH excluding ortho intramolecular Hbond substituents is 1. The summed E-state index contributed by atoms with van der Waals surface area (Å²) in [6, 6.07) is 3.32. The first-order valence-electron chi connectivity index (χ1n) is 5.61. The van der Waals surface area contributed by atoms with Crippen LogP contribution in [0.2, 0.25) is 0 Å². The number of rotatable bonds is 4. The van der Waals surface area contributed by atoms with E-state index in [4.69, 9.17) is 5.11 Å². The van der Waals surface area contributed by atoms with E-state index in [0.29, 0.717) is 3.57 Å². The SMILES string of the molecule is O=C(O)CN(C(=O)c1cc(I)cc(I)c1O)C1CC1. The number of carbonyl (C=O) groups excluding carboxylic acids is 1. The Balaban J connectivity index is 2.33. The van der Waals surface area contributed by atoms with Crippen molar-refractivity contribution in [2.24, 2.45) is 0 Å². The average molecular weight is 487 g/mol. The Labute approximate surface area is 137 Å². The Hall–Kier alpha value is -0.580. The van der Waals surface area contributed by atoms with Gasteiger partial charge >= 0.3 is 5.97 Å². The zero-order valence-corrected chi connectivity index (χ0v) is 14.1. The normalized spacial score (nSPS) is 14.2. The smallest absolute Gasteiger partial charge is 0.323 e. The molecule has 2 rings (SSSR count). The largest absolute Gasteiger partial charge is 0.506 e. The lowest BCUT2D eigenvalue weighted by molar-refractivity contribution is -0.137. The van der Waals surface area contributed by atoms with Gasteiger partial charge in [-0.1, -0.05) is 0 Å². The molecule has 1 aliphatic carbocycles. The minimum atomic E-state index is -1.04. The van der Waals surface area contributed by atoms with Gasteiger partial charge in [-0.15, -0.1) is 0 Å². The molecule has 1 saturated carbocycles. The molecule has 1 fully saturated rings. The van der Waals surface area contributed by atoms with Crippen LogP contribution in [0, 0.1) is 7.14 Å². The van der Waals surface area contributed by atoms with E-state index in [2.05, 4.69) is 22.6 Å². The maximum absolute atomic E-state index is 12.4. The molecule has 0 aromatic heterocycles. The van der Waals surface area contributed by atoms with Gasteiger partial charge in [-0.2, -0.15) is 0 Å². The van der Waals surface area contributed by atoms with Crippen LogP contribution in [0.1, 0.15) is 23.2 Å². The van der Waals surface area contributed by atoms with Gasteiger partial charge in [-0.25, -0.2) is 0 Å². The standard InChI is InChI=1S/C12H11I2NO4/c13-6-3-8(11(18)9(14)4-6)12(19)15(5-10(16)17)7-1-2-7/h3-4,7,18H,1-2,5H2,(H,16,17). The Morgan fingerprint density at radius 3 is 2.47 bits per heavy atom.